The van der Waals surface area contributed by atoms with Gasteiger partial charge in [0.2, 0.25) is 0 Å². The van der Waals surface area contributed by atoms with Gasteiger partial charge in [0.1, 0.15) is 0 Å². The molecule has 0 unspecified atom stereocenters. The highest BCUT2D eigenvalue weighted by Crippen LogP contribution is 2.42. The largest absolute Gasteiger partial charge is 0.399 e. The van der Waals surface area contributed by atoms with Gasteiger partial charge in [-0.2, -0.15) is 0 Å². The third-order valence-corrected chi connectivity index (χ3v) is 5.50. The molecule has 0 amide bonds. The fourth-order valence-electron chi connectivity index (χ4n) is 4.17. The highest BCUT2D eigenvalue weighted by molar-refractivity contribution is 6.15. The topological polar surface area (TPSA) is 52.0 Å². The standard InChI is InChI=1S/C28H22N2/c29-23-17-22(15-14-19-8-2-1-3-9-19)27(26(30)18-23)28-24-12-6-4-10-20(24)16-21-11-5-7-13-25(21)28/h1-18H,29-30H2. The number of hydrogen-bond donors (Lipinski definition) is 2. The van der Waals surface area contributed by atoms with Crippen molar-refractivity contribution in [1.29, 1.82) is 0 Å². The van der Waals surface area contributed by atoms with Crippen molar-refractivity contribution in [2.75, 3.05) is 11.5 Å². The maximum Gasteiger partial charge on any atom is 0.0420 e. The molecular weight excluding hydrogens is 364 g/mol. The monoisotopic (exact) mass is 386 g/mol. The van der Waals surface area contributed by atoms with Crippen LogP contribution in [0.25, 0.3) is 44.8 Å². The van der Waals surface area contributed by atoms with E-state index in [9.17, 15) is 0 Å². The SMILES string of the molecule is Nc1cc(N)c(-c2c3ccccc3cc3ccccc23)c(C=Cc2ccccc2)c1. The van der Waals surface area contributed by atoms with Gasteiger partial charge in [0.05, 0.1) is 0 Å². The molecule has 0 bridgehead atoms. The highest BCUT2D eigenvalue weighted by atomic mass is 14.6. The van der Waals surface area contributed by atoms with Crippen molar-refractivity contribution < 1.29 is 0 Å². The van der Waals surface area contributed by atoms with Gasteiger partial charge in [0.25, 0.3) is 0 Å². The van der Waals surface area contributed by atoms with Gasteiger partial charge in [0, 0.05) is 16.9 Å². The molecule has 0 saturated carbocycles. The van der Waals surface area contributed by atoms with Crippen molar-refractivity contribution in [3.05, 3.63) is 108 Å². The third kappa shape index (κ3) is 3.19. The van der Waals surface area contributed by atoms with Crippen LogP contribution in [0.4, 0.5) is 11.4 Å². The van der Waals surface area contributed by atoms with Crippen LogP contribution in [0, 0.1) is 0 Å². The fourth-order valence-corrected chi connectivity index (χ4v) is 4.17. The van der Waals surface area contributed by atoms with E-state index in [2.05, 4.69) is 78.9 Å². The minimum absolute atomic E-state index is 0.661. The lowest BCUT2D eigenvalue weighted by molar-refractivity contribution is 1.61. The first-order valence-electron chi connectivity index (χ1n) is 10.0. The Morgan fingerprint density at radius 2 is 1.13 bits per heavy atom. The van der Waals surface area contributed by atoms with Crippen molar-refractivity contribution >= 4 is 45.1 Å². The van der Waals surface area contributed by atoms with Crippen LogP contribution in [0.2, 0.25) is 0 Å². The Morgan fingerprint density at radius 3 is 1.80 bits per heavy atom. The van der Waals surface area contributed by atoms with Gasteiger partial charge in [0.15, 0.2) is 0 Å². The molecular formula is C28H22N2. The minimum Gasteiger partial charge on any atom is -0.399 e. The molecule has 5 rings (SSSR count). The van der Waals surface area contributed by atoms with Gasteiger partial charge in [-0.3, -0.25) is 0 Å². The summed E-state index contributed by atoms with van der Waals surface area (Å²) in [4.78, 5) is 0. The number of nitrogens with two attached hydrogens (primary N) is 2. The van der Waals surface area contributed by atoms with E-state index >= 15 is 0 Å². The second-order valence-electron chi connectivity index (χ2n) is 7.51. The summed E-state index contributed by atoms with van der Waals surface area (Å²) in [5, 5.41) is 4.75. The lowest BCUT2D eigenvalue weighted by atomic mass is 9.88. The maximum absolute atomic E-state index is 6.59. The molecule has 2 nitrogen and oxygen atoms in total. The van der Waals surface area contributed by atoms with E-state index in [1.807, 2.05) is 30.3 Å². The normalized spacial score (nSPS) is 11.5. The summed E-state index contributed by atoms with van der Waals surface area (Å²) in [6.07, 6.45) is 4.21. The lowest BCUT2D eigenvalue weighted by Gasteiger charge is -2.17. The number of benzene rings is 5. The van der Waals surface area contributed by atoms with Gasteiger partial charge < -0.3 is 11.5 Å². The van der Waals surface area contributed by atoms with E-state index in [1.165, 1.54) is 21.5 Å². The molecule has 0 radical (unpaired) electrons. The maximum atomic E-state index is 6.59. The molecule has 0 aliphatic heterocycles. The zero-order valence-corrected chi connectivity index (χ0v) is 16.5. The summed E-state index contributed by atoms with van der Waals surface area (Å²) >= 11 is 0. The molecule has 0 heterocycles. The first-order chi connectivity index (χ1) is 14.7. The summed E-state index contributed by atoms with van der Waals surface area (Å²) in [7, 11) is 0. The molecule has 0 fully saturated rings. The van der Waals surface area contributed by atoms with Gasteiger partial charge in [-0.05, 0) is 56.4 Å². The number of nitrogen functional groups attached to an aromatic ring is 2. The van der Waals surface area contributed by atoms with Gasteiger partial charge >= 0.3 is 0 Å². The van der Waals surface area contributed by atoms with Crippen LogP contribution >= 0.6 is 0 Å². The number of anilines is 2. The zero-order chi connectivity index (χ0) is 20.5. The predicted octanol–water partition coefficient (Wildman–Crippen LogP) is 6.99. The van der Waals surface area contributed by atoms with Gasteiger partial charge in [-0.1, -0.05) is 91.0 Å². The Balaban J connectivity index is 1.84. The van der Waals surface area contributed by atoms with Crippen LogP contribution in [0.1, 0.15) is 11.1 Å². The molecule has 5 aromatic rings. The van der Waals surface area contributed by atoms with Crippen molar-refractivity contribution in [3.8, 4) is 11.1 Å². The minimum atomic E-state index is 0.661. The molecule has 4 N–H and O–H groups in total. The number of rotatable bonds is 3. The molecule has 0 saturated heterocycles. The van der Waals surface area contributed by atoms with Crippen LogP contribution in [0.5, 0.6) is 0 Å². The molecule has 30 heavy (non-hydrogen) atoms. The summed E-state index contributed by atoms with van der Waals surface area (Å²) < 4.78 is 0. The van der Waals surface area contributed by atoms with Crippen LogP contribution in [-0.2, 0) is 0 Å². The van der Waals surface area contributed by atoms with E-state index in [0.717, 1.165) is 22.3 Å². The second kappa shape index (κ2) is 7.41. The summed E-state index contributed by atoms with van der Waals surface area (Å²) in [6.45, 7) is 0. The molecule has 0 aliphatic carbocycles. The Labute approximate surface area is 176 Å². The quantitative estimate of drug-likeness (QED) is 0.199. The Morgan fingerprint density at radius 1 is 0.533 bits per heavy atom. The number of hydrogen-bond acceptors (Lipinski definition) is 2. The van der Waals surface area contributed by atoms with Crippen LogP contribution in [0.3, 0.4) is 0 Å². The van der Waals surface area contributed by atoms with Gasteiger partial charge in [-0.15, -0.1) is 0 Å². The van der Waals surface area contributed by atoms with E-state index in [0.29, 0.717) is 11.4 Å². The first kappa shape index (κ1) is 18.0. The Hall–Kier alpha value is -4.04. The average Bonchev–Trinajstić information content (AvgIpc) is 2.77. The molecule has 0 aliphatic rings. The average molecular weight is 386 g/mol. The van der Waals surface area contributed by atoms with E-state index in [4.69, 9.17) is 11.5 Å². The highest BCUT2D eigenvalue weighted by Gasteiger charge is 2.15. The molecule has 144 valence electrons. The molecule has 0 spiro atoms. The summed E-state index contributed by atoms with van der Waals surface area (Å²) in [5.74, 6) is 0. The van der Waals surface area contributed by atoms with E-state index in [-0.39, 0.29) is 0 Å². The van der Waals surface area contributed by atoms with Crippen molar-refractivity contribution in [2.45, 2.75) is 0 Å². The number of fused-ring (bicyclic) bond motifs is 2. The summed E-state index contributed by atoms with van der Waals surface area (Å²) in [5.41, 5.74) is 18.4. The zero-order valence-electron chi connectivity index (χ0n) is 16.5. The van der Waals surface area contributed by atoms with E-state index in [1.54, 1.807) is 0 Å². The van der Waals surface area contributed by atoms with Crippen molar-refractivity contribution in [3.63, 3.8) is 0 Å². The smallest absolute Gasteiger partial charge is 0.0420 e. The Kier molecular flexibility index (Phi) is 4.45. The van der Waals surface area contributed by atoms with E-state index < -0.39 is 0 Å². The first-order valence-corrected chi connectivity index (χ1v) is 10.0. The van der Waals surface area contributed by atoms with Crippen molar-refractivity contribution in [2.24, 2.45) is 0 Å². The molecule has 0 aromatic heterocycles. The van der Waals surface area contributed by atoms with Crippen LogP contribution in [-0.4, -0.2) is 0 Å². The van der Waals surface area contributed by atoms with Crippen molar-refractivity contribution in [1.82, 2.24) is 0 Å². The molecule has 5 aromatic carbocycles. The lowest BCUT2D eigenvalue weighted by Crippen LogP contribution is -1.98. The van der Waals surface area contributed by atoms with Crippen LogP contribution in [0.15, 0.2) is 97.1 Å². The van der Waals surface area contributed by atoms with Crippen LogP contribution < -0.4 is 11.5 Å². The predicted molar refractivity (Wildman–Crippen MR) is 131 cm³/mol. The Bertz CT molecular complexity index is 1350. The molecule has 0 atom stereocenters. The van der Waals surface area contributed by atoms with Gasteiger partial charge in [-0.25, -0.2) is 0 Å². The summed E-state index contributed by atoms with van der Waals surface area (Å²) in [6, 6.07) is 33.3. The molecule has 2 heteroatoms. The fraction of sp³-hybridized carbons (Fsp3) is 0. The second-order valence-corrected chi connectivity index (χ2v) is 7.51. The third-order valence-electron chi connectivity index (χ3n) is 5.50.